The van der Waals surface area contributed by atoms with Gasteiger partial charge < -0.3 is 20.1 Å². The highest BCUT2D eigenvalue weighted by atomic mass is 127. The Morgan fingerprint density at radius 1 is 1.37 bits per heavy atom. The topological polar surface area (TPSA) is 54.9 Å². The van der Waals surface area contributed by atoms with Gasteiger partial charge in [0.15, 0.2) is 5.96 Å². The second-order valence-electron chi connectivity index (χ2n) is 7.02. The number of hydrogen-bond donors (Lipinski definition) is 2. The Balaban J connectivity index is 0.00000364. The van der Waals surface area contributed by atoms with Crippen LogP contribution in [0.5, 0.6) is 0 Å². The molecule has 0 radical (unpaired) electrons. The summed E-state index contributed by atoms with van der Waals surface area (Å²) in [5, 5.41) is 8.88. The lowest BCUT2D eigenvalue weighted by atomic mass is 10.0. The van der Waals surface area contributed by atoms with Crippen LogP contribution in [0.15, 0.2) is 22.5 Å². The highest BCUT2D eigenvalue weighted by Crippen LogP contribution is 2.15. The van der Waals surface area contributed by atoms with Gasteiger partial charge in [0.2, 0.25) is 0 Å². The molecule has 2 rings (SSSR count). The van der Waals surface area contributed by atoms with Crippen molar-refractivity contribution in [1.82, 2.24) is 10.6 Å². The number of nitrogens with one attached hydrogen (secondary N) is 2. The van der Waals surface area contributed by atoms with E-state index in [0.717, 1.165) is 77.7 Å². The maximum Gasteiger partial charge on any atom is 0.191 e. The molecule has 1 aromatic heterocycles. The molecule has 0 saturated carbocycles. The second-order valence-corrected chi connectivity index (χ2v) is 8.05. The molecule has 5 nitrogen and oxygen atoms in total. The first kappa shape index (κ1) is 24.7. The average Bonchev–Trinajstić information content (AvgIpc) is 3.16. The first-order chi connectivity index (χ1) is 12.8. The fourth-order valence-corrected chi connectivity index (χ4v) is 3.84. The second kappa shape index (κ2) is 15.5. The van der Waals surface area contributed by atoms with E-state index in [0.29, 0.717) is 11.8 Å². The Morgan fingerprint density at radius 2 is 2.19 bits per heavy atom. The van der Waals surface area contributed by atoms with Gasteiger partial charge in [0.25, 0.3) is 0 Å². The number of ether oxygens (including phenoxy) is 2. The van der Waals surface area contributed by atoms with E-state index in [4.69, 9.17) is 14.5 Å². The van der Waals surface area contributed by atoms with Crippen molar-refractivity contribution in [2.24, 2.45) is 16.8 Å². The summed E-state index contributed by atoms with van der Waals surface area (Å²) in [7, 11) is 0. The van der Waals surface area contributed by atoms with Crippen molar-refractivity contribution in [1.29, 1.82) is 0 Å². The summed E-state index contributed by atoms with van der Waals surface area (Å²) in [5.74, 6) is 2.14. The van der Waals surface area contributed by atoms with Crippen LogP contribution in [-0.2, 0) is 15.9 Å². The van der Waals surface area contributed by atoms with E-state index in [2.05, 4.69) is 42.0 Å². The van der Waals surface area contributed by atoms with Crippen LogP contribution in [0.2, 0.25) is 0 Å². The molecule has 0 aromatic carbocycles. The first-order valence-electron chi connectivity index (χ1n) is 9.98. The average molecular weight is 509 g/mol. The number of aliphatic imine (C=N–C) groups is 1. The predicted octanol–water partition coefficient (Wildman–Crippen LogP) is 3.93. The minimum atomic E-state index is 0. The van der Waals surface area contributed by atoms with Crippen molar-refractivity contribution >= 4 is 41.3 Å². The summed E-state index contributed by atoms with van der Waals surface area (Å²) >= 11 is 1.83. The Morgan fingerprint density at radius 3 is 2.89 bits per heavy atom. The summed E-state index contributed by atoms with van der Waals surface area (Å²) in [4.78, 5) is 6.17. The fourth-order valence-electron chi connectivity index (χ4n) is 2.97. The van der Waals surface area contributed by atoms with Crippen LogP contribution >= 0.6 is 35.3 Å². The van der Waals surface area contributed by atoms with Gasteiger partial charge in [-0.15, -0.1) is 35.3 Å². The van der Waals surface area contributed by atoms with Crippen LogP contribution in [-0.4, -0.2) is 52.0 Å². The van der Waals surface area contributed by atoms with Gasteiger partial charge in [-0.05, 0) is 55.9 Å². The molecule has 0 bridgehead atoms. The van der Waals surface area contributed by atoms with E-state index in [1.807, 2.05) is 11.3 Å². The minimum absolute atomic E-state index is 0. The molecule has 1 unspecified atom stereocenters. The van der Waals surface area contributed by atoms with Crippen molar-refractivity contribution in [3.63, 3.8) is 0 Å². The Hall–Kier alpha value is -0.380. The summed E-state index contributed by atoms with van der Waals surface area (Å²) in [6.45, 7) is 10.4. The zero-order valence-electron chi connectivity index (χ0n) is 16.7. The molecular formula is C20H36IN3O2S. The van der Waals surface area contributed by atoms with Crippen LogP contribution in [0.1, 0.15) is 38.0 Å². The summed E-state index contributed by atoms with van der Waals surface area (Å²) in [6.07, 6.45) is 4.37. The van der Waals surface area contributed by atoms with Gasteiger partial charge in [-0.25, -0.2) is 0 Å². The Kier molecular flexibility index (Phi) is 14.2. The smallest absolute Gasteiger partial charge is 0.191 e. The monoisotopic (exact) mass is 509 g/mol. The lowest BCUT2D eigenvalue weighted by molar-refractivity contribution is 0.0203. The molecule has 1 fully saturated rings. The first-order valence-corrected chi connectivity index (χ1v) is 10.9. The van der Waals surface area contributed by atoms with E-state index in [-0.39, 0.29) is 24.0 Å². The molecule has 27 heavy (non-hydrogen) atoms. The fraction of sp³-hybridized carbons (Fsp3) is 0.750. The standard InChI is InChI=1S/C20H35N3O2S.HI/c1-3-21-20(23-15-17(2)14-19-6-4-13-26-19)22-9-5-10-25-16-18-7-11-24-12-8-18;/h4,6,13,17-18H,3,5,7-12,14-16H2,1-2H3,(H2,21,22,23);1H. The Labute approximate surface area is 185 Å². The number of rotatable bonds is 11. The molecule has 2 N–H and O–H groups in total. The molecule has 0 amide bonds. The zero-order chi connectivity index (χ0) is 18.5. The van der Waals surface area contributed by atoms with Gasteiger partial charge in [-0.2, -0.15) is 0 Å². The van der Waals surface area contributed by atoms with Crippen LogP contribution in [0, 0.1) is 11.8 Å². The largest absolute Gasteiger partial charge is 0.381 e. The predicted molar refractivity (Wildman–Crippen MR) is 126 cm³/mol. The van der Waals surface area contributed by atoms with Crippen LogP contribution in [0.3, 0.4) is 0 Å². The van der Waals surface area contributed by atoms with Crippen molar-refractivity contribution in [3.8, 4) is 0 Å². The van der Waals surface area contributed by atoms with Gasteiger partial charge >= 0.3 is 0 Å². The third-order valence-electron chi connectivity index (χ3n) is 4.49. The molecule has 0 spiro atoms. The van der Waals surface area contributed by atoms with Gasteiger partial charge in [0, 0.05) is 50.9 Å². The third-order valence-corrected chi connectivity index (χ3v) is 5.39. The SMILES string of the molecule is CCNC(=NCC(C)Cc1cccs1)NCCCOCC1CCOCC1.I. The number of guanidine groups is 1. The van der Waals surface area contributed by atoms with Crippen molar-refractivity contribution in [2.75, 3.05) is 46.1 Å². The van der Waals surface area contributed by atoms with Gasteiger partial charge in [-0.1, -0.05) is 13.0 Å². The lowest BCUT2D eigenvalue weighted by Gasteiger charge is -2.21. The zero-order valence-corrected chi connectivity index (χ0v) is 19.9. The molecule has 1 aliphatic heterocycles. The summed E-state index contributed by atoms with van der Waals surface area (Å²) < 4.78 is 11.2. The third kappa shape index (κ3) is 11.3. The van der Waals surface area contributed by atoms with Gasteiger partial charge in [0.1, 0.15) is 0 Å². The number of hydrogen-bond acceptors (Lipinski definition) is 4. The highest BCUT2D eigenvalue weighted by molar-refractivity contribution is 14.0. The molecule has 1 aromatic rings. The highest BCUT2D eigenvalue weighted by Gasteiger charge is 2.13. The molecule has 1 saturated heterocycles. The van der Waals surface area contributed by atoms with E-state index in [9.17, 15) is 0 Å². The molecule has 7 heteroatoms. The normalized spacial score (nSPS) is 16.6. The van der Waals surface area contributed by atoms with E-state index in [1.165, 1.54) is 4.88 Å². The van der Waals surface area contributed by atoms with Gasteiger partial charge in [0.05, 0.1) is 0 Å². The number of nitrogens with zero attached hydrogens (tertiary/aromatic N) is 1. The van der Waals surface area contributed by atoms with E-state index in [1.54, 1.807) is 0 Å². The quantitative estimate of drug-likeness (QED) is 0.206. The van der Waals surface area contributed by atoms with Crippen molar-refractivity contribution in [3.05, 3.63) is 22.4 Å². The number of halogens is 1. The summed E-state index contributed by atoms with van der Waals surface area (Å²) in [6, 6.07) is 4.32. The van der Waals surface area contributed by atoms with Crippen molar-refractivity contribution < 1.29 is 9.47 Å². The minimum Gasteiger partial charge on any atom is -0.381 e. The van der Waals surface area contributed by atoms with Crippen LogP contribution < -0.4 is 10.6 Å². The lowest BCUT2D eigenvalue weighted by Crippen LogP contribution is -2.38. The van der Waals surface area contributed by atoms with E-state index >= 15 is 0 Å². The van der Waals surface area contributed by atoms with Crippen LogP contribution in [0.25, 0.3) is 0 Å². The molecule has 156 valence electrons. The number of thiophene rings is 1. The molecule has 0 aliphatic carbocycles. The van der Waals surface area contributed by atoms with Crippen molar-refractivity contribution in [2.45, 2.75) is 39.5 Å². The maximum absolute atomic E-state index is 5.82. The molecular weight excluding hydrogens is 473 g/mol. The van der Waals surface area contributed by atoms with E-state index < -0.39 is 0 Å². The molecule has 1 atom stereocenters. The Bertz CT molecular complexity index is 493. The van der Waals surface area contributed by atoms with Crippen LogP contribution in [0.4, 0.5) is 0 Å². The summed E-state index contributed by atoms with van der Waals surface area (Å²) in [5.41, 5.74) is 0. The van der Waals surface area contributed by atoms with Gasteiger partial charge in [-0.3, -0.25) is 4.99 Å². The maximum atomic E-state index is 5.82. The molecule has 1 aliphatic rings. The molecule has 2 heterocycles.